The van der Waals surface area contributed by atoms with E-state index in [0.717, 1.165) is 40.8 Å². The van der Waals surface area contributed by atoms with Gasteiger partial charge in [-0.05, 0) is 73.5 Å². The number of fused-ring (bicyclic) bond motifs is 3. The van der Waals surface area contributed by atoms with E-state index in [-0.39, 0.29) is 11.3 Å². The number of ether oxygens (including phenoxy) is 2. The molecule has 158 valence electrons. The first-order valence-corrected chi connectivity index (χ1v) is 11.7. The summed E-state index contributed by atoms with van der Waals surface area (Å²) in [4.78, 5) is 18.4. The molecule has 4 aliphatic carbocycles. The highest BCUT2D eigenvalue weighted by Crippen LogP contribution is 2.64. The van der Waals surface area contributed by atoms with E-state index in [2.05, 4.69) is 11.1 Å². The highest BCUT2D eigenvalue weighted by molar-refractivity contribution is 5.91. The molecule has 2 aromatic rings. The molecule has 0 radical (unpaired) electrons. The summed E-state index contributed by atoms with van der Waals surface area (Å²) in [5, 5.41) is 1.05. The van der Waals surface area contributed by atoms with Gasteiger partial charge in [-0.25, -0.2) is 0 Å². The molecule has 1 aromatic heterocycles. The number of hydrogen-bond donors (Lipinski definition) is 0. The van der Waals surface area contributed by atoms with Gasteiger partial charge in [-0.15, -0.1) is 0 Å². The lowest BCUT2D eigenvalue weighted by molar-refractivity contribution is -0.132. The fourth-order valence-corrected chi connectivity index (χ4v) is 7.38. The summed E-state index contributed by atoms with van der Waals surface area (Å²) in [6.07, 6.45) is 12.0. The van der Waals surface area contributed by atoms with Crippen LogP contribution in [-0.2, 0) is 4.79 Å². The van der Waals surface area contributed by atoms with Gasteiger partial charge in [-0.3, -0.25) is 9.78 Å². The Morgan fingerprint density at radius 3 is 2.63 bits per heavy atom. The van der Waals surface area contributed by atoms with E-state index in [1.807, 2.05) is 18.3 Å². The second-order valence-electron chi connectivity index (χ2n) is 10.4. The Morgan fingerprint density at radius 2 is 1.80 bits per heavy atom. The van der Waals surface area contributed by atoms with Crippen LogP contribution in [0, 0.1) is 29.1 Å². The predicted octanol–water partition coefficient (Wildman–Crippen LogP) is 5.53. The largest absolute Gasteiger partial charge is 0.493 e. The van der Waals surface area contributed by atoms with Crippen molar-refractivity contribution < 1.29 is 14.3 Å². The van der Waals surface area contributed by atoms with Crippen LogP contribution in [0.5, 0.6) is 11.5 Å². The van der Waals surface area contributed by atoms with Gasteiger partial charge in [-0.2, -0.15) is 0 Å². The molecule has 6 unspecified atom stereocenters. The molecule has 0 saturated heterocycles. The smallest absolute Gasteiger partial charge is 0.162 e. The minimum Gasteiger partial charge on any atom is -0.493 e. The molecular formula is C26H31NO3. The summed E-state index contributed by atoms with van der Waals surface area (Å²) >= 11 is 0. The topological polar surface area (TPSA) is 48.4 Å². The Labute approximate surface area is 178 Å². The van der Waals surface area contributed by atoms with Crippen molar-refractivity contribution in [1.82, 2.24) is 4.98 Å². The molecule has 3 bridgehead atoms. The van der Waals surface area contributed by atoms with Crippen LogP contribution in [0.3, 0.4) is 0 Å². The number of pyridine rings is 1. The van der Waals surface area contributed by atoms with Crippen LogP contribution >= 0.6 is 0 Å². The summed E-state index contributed by atoms with van der Waals surface area (Å²) in [7, 11) is 3.30. The Balaban J connectivity index is 1.25. The van der Waals surface area contributed by atoms with Gasteiger partial charge in [0.05, 0.1) is 19.7 Å². The minimum absolute atomic E-state index is 0.0128. The summed E-state index contributed by atoms with van der Waals surface area (Å²) in [5.74, 6) is 5.03. The third-order valence-electron chi connectivity index (χ3n) is 8.76. The number of hydrogen-bond acceptors (Lipinski definition) is 4. The van der Waals surface area contributed by atoms with E-state index in [9.17, 15) is 4.79 Å². The zero-order valence-corrected chi connectivity index (χ0v) is 18.0. The first-order chi connectivity index (χ1) is 14.6. The van der Waals surface area contributed by atoms with Crippen molar-refractivity contribution in [1.29, 1.82) is 0 Å². The minimum atomic E-state index is 0.0128. The van der Waals surface area contributed by atoms with Crippen molar-refractivity contribution in [2.45, 2.75) is 57.3 Å². The standard InChI is InChI=1S/C26H31NO3/c1-29-23-8-17-7-19(14-27-22(17)10-24(23)30-2)20-9-21(20)25(28)26-11-15-4-3-5-16(12-26)18(6-15)13-26/h7-8,10,14-16,18,20-21H,3-6,9,11-13H2,1-2H3. The Kier molecular flexibility index (Phi) is 4.16. The molecule has 1 aromatic carbocycles. The van der Waals surface area contributed by atoms with Gasteiger partial charge in [0, 0.05) is 29.0 Å². The molecule has 30 heavy (non-hydrogen) atoms. The second-order valence-corrected chi connectivity index (χ2v) is 10.4. The number of aromatic nitrogens is 1. The Hall–Kier alpha value is -2.10. The average Bonchev–Trinajstić information content (AvgIpc) is 3.53. The fraction of sp³-hybridized carbons (Fsp3) is 0.615. The molecule has 0 N–H and O–H groups in total. The number of ketones is 1. The number of Topliss-reactive ketones (excluding diaryl/α,β-unsaturated/α-hetero) is 1. The molecule has 4 nitrogen and oxygen atoms in total. The third kappa shape index (κ3) is 2.79. The fourth-order valence-electron chi connectivity index (χ4n) is 7.38. The predicted molar refractivity (Wildman–Crippen MR) is 116 cm³/mol. The average molecular weight is 406 g/mol. The normalized spacial score (nSPS) is 36.5. The highest BCUT2D eigenvalue weighted by atomic mass is 16.5. The van der Waals surface area contributed by atoms with Crippen molar-refractivity contribution in [3.8, 4) is 11.5 Å². The maximum atomic E-state index is 13.7. The van der Waals surface area contributed by atoms with Crippen LogP contribution in [0.4, 0.5) is 0 Å². The number of nitrogens with zero attached hydrogens (tertiary/aromatic N) is 1. The molecule has 6 atom stereocenters. The zero-order valence-electron chi connectivity index (χ0n) is 18.0. The van der Waals surface area contributed by atoms with E-state index >= 15 is 0 Å². The summed E-state index contributed by atoms with van der Waals surface area (Å²) in [6.45, 7) is 0. The first kappa shape index (κ1) is 18.7. The first-order valence-electron chi connectivity index (χ1n) is 11.7. The van der Waals surface area contributed by atoms with Crippen LogP contribution in [0.15, 0.2) is 24.4 Å². The van der Waals surface area contributed by atoms with Crippen LogP contribution in [-0.4, -0.2) is 25.0 Å². The van der Waals surface area contributed by atoms with E-state index in [1.54, 1.807) is 14.2 Å². The van der Waals surface area contributed by atoms with E-state index < -0.39 is 0 Å². The zero-order chi connectivity index (χ0) is 20.5. The number of rotatable bonds is 5. The van der Waals surface area contributed by atoms with Crippen LogP contribution in [0.1, 0.15) is 62.8 Å². The Morgan fingerprint density at radius 1 is 1.00 bits per heavy atom. The molecule has 4 aliphatic rings. The van der Waals surface area contributed by atoms with Gasteiger partial charge in [-0.1, -0.05) is 19.3 Å². The molecule has 4 heteroatoms. The monoisotopic (exact) mass is 405 g/mol. The number of benzene rings is 1. The lowest BCUT2D eigenvalue weighted by Gasteiger charge is -2.37. The molecule has 0 spiro atoms. The molecule has 1 heterocycles. The van der Waals surface area contributed by atoms with Crippen LogP contribution < -0.4 is 9.47 Å². The van der Waals surface area contributed by atoms with Crippen LogP contribution in [0.2, 0.25) is 0 Å². The maximum Gasteiger partial charge on any atom is 0.162 e. The molecule has 0 amide bonds. The summed E-state index contributed by atoms with van der Waals surface area (Å²) in [5.41, 5.74) is 2.12. The quantitative estimate of drug-likeness (QED) is 0.656. The van der Waals surface area contributed by atoms with E-state index in [4.69, 9.17) is 9.47 Å². The van der Waals surface area contributed by atoms with Crippen LogP contribution in [0.25, 0.3) is 10.9 Å². The molecular weight excluding hydrogens is 374 g/mol. The number of methoxy groups -OCH3 is 2. The van der Waals surface area contributed by atoms with Crippen molar-refractivity contribution in [2.24, 2.45) is 29.1 Å². The number of carbonyl (C=O) groups is 1. The van der Waals surface area contributed by atoms with Gasteiger partial charge in [0.25, 0.3) is 0 Å². The van der Waals surface area contributed by atoms with E-state index in [0.29, 0.717) is 17.5 Å². The lowest BCUT2D eigenvalue weighted by Crippen LogP contribution is -2.36. The molecule has 0 aliphatic heterocycles. The summed E-state index contributed by atoms with van der Waals surface area (Å²) in [6, 6.07) is 6.12. The molecule has 4 saturated carbocycles. The maximum absolute atomic E-state index is 13.7. The lowest BCUT2D eigenvalue weighted by atomic mass is 9.66. The Bertz CT molecular complexity index is 1010. The molecule has 4 fully saturated rings. The second kappa shape index (κ2) is 6.70. The van der Waals surface area contributed by atoms with Crippen molar-refractivity contribution >= 4 is 16.7 Å². The van der Waals surface area contributed by atoms with E-state index in [1.165, 1.54) is 50.5 Å². The third-order valence-corrected chi connectivity index (χ3v) is 8.76. The van der Waals surface area contributed by atoms with Gasteiger partial charge < -0.3 is 9.47 Å². The van der Waals surface area contributed by atoms with Gasteiger partial charge in [0.1, 0.15) is 5.78 Å². The van der Waals surface area contributed by atoms with Gasteiger partial charge >= 0.3 is 0 Å². The number of carbonyl (C=O) groups excluding carboxylic acids is 1. The highest BCUT2D eigenvalue weighted by Gasteiger charge is 2.59. The summed E-state index contributed by atoms with van der Waals surface area (Å²) < 4.78 is 10.9. The van der Waals surface area contributed by atoms with Crippen molar-refractivity contribution in [2.75, 3.05) is 14.2 Å². The SMILES string of the molecule is COc1cc2cc(C3CC3C(=O)C34CC5CCCC(C3)C(C5)C4)cnc2cc1OC. The van der Waals surface area contributed by atoms with Crippen molar-refractivity contribution in [3.05, 3.63) is 30.0 Å². The van der Waals surface area contributed by atoms with Crippen molar-refractivity contribution in [3.63, 3.8) is 0 Å². The van der Waals surface area contributed by atoms with Gasteiger partial charge in [0.15, 0.2) is 11.5 Å². The van der Waals surface area contributed by atoms with Gasteiger partial charge in [0.2, 0.25) is 0 Å². The molecule has 6 rings (SSSR count).